The van der Waals surface area contributed by atoms with E-state index in [4.69, 9.17) is 0 Å². The maximum absolute atomic E-state index is 12.8. The molecular weight excluding hydrogens is 307 g/mol. The van der Waals surface area contributed by atoms with Crippen LogP contribution in [0.5, 0.6) is 0 Å². The molecule has 0 spiro atoms. The van der Waals surface area contributed by atoms with E-state index in [-0.39, 0.29) is 35.2 Å². The smallest absolute Gasteiger partial charge is 0.233 e. The first kappa shape index (κ1) is 16.3. The van der Waals surface area contributed by atoms with E-state index in [0.29, 0.717) is 0 Å². The minimum atomic E-state index is -1.56. The summed E-state index contributed by atoms with van der Waals surface area (Å²) in [4.78, 5) is 11.8. The van der Waals surface area contributed by atoms with Gasteiger partial charge in [-0.15, -0.1) is 10.2 Å². The Bertz CT molecular complexity index is 670. The highest BCUT2D eigenvalue weighted by Crippen LogP contribution is 2.10. The fourth-order valence-electron chi connectivity index (χ4n) is 1.79. The van der Waals surface area contributed by atoms with Gasteiger partial charge in [0.1, 0.15) is 28.7 Å². The quantitative estimate of drug-likeness (QED) is 0.872. The van der Waals surface area contributed by atoms with Crippen molar-refractivity contribution in [2.45, 2.75) is 31.6 Å². The van der Waals surface area contributed by atoms with Gasteiger partial charge in [-0.25, -0.2) is 4.39 Å². The highest BCUT2D eigenvalue weighted by molar-refractivity contribution is 7.85. The van der Waals surface area contributed by atoms with Crippen molar-refractivity contribution in [1.29, 1.82) is 0 Å². The second-order valence-electron chi connectivity index (χ2n) is 5.01. The number of halogens is 1. The molecule has 1 atom stereocenters. The summed E-state index contributed by atoms with van der Waals surface area (Å²) in [5, 5.41) is 10.5. The number of nitrogens with zero attached hydrogens (tertiary/aromatic N) is 3. The zero-order chi connectivity index (χ0) is 16.1. The topological polar surface area (TPSA) is 76.9 Å². The van der Waals surface area contributed by atoms with Gasteiger partial charge in [0, 0.05) is 12.6 Å². The van der Waals surface area contributed by atoms with Gasteiger partial charge in [-0.2, -0.15) is 0 Å². The predicted octanol–water partition coefficient (Wildman–Crippen LogP) is 1.42. The molecule has 2 aromatic rings. The first-order valence-electron chi connectivity index (χ1n) is 6.76. The lowest BCUT2D eigenvalue weighted by Crippen LogP contribution is -2.28. The summed E-state index contributed by atoms with van der Waals surface area (Å²) in [6.07, 6.45) is 1.49. The average Bonchev–Trinajstić information content (AvgIpc) is 2.96. The maximum Gasteiger partial charge on any atom is 0.233 e. The Morgan fingerprint density at radius 2 is 2.05 bits per heavy atom. The summed E-state index contributed by atoms with van der Waals surface area (Å²) in [7, 11) is -1.56. The van der Waals surface area contributed by atoms with Crippen LogP contribution in [0.15, 0.2) is 35.7 Å². The summed E-state index contributed by atoms with van der Waals surface area (Å²) in [5.74, 6) is -0.878. The Labute approximate surface area is 130 Å². The number of hydrogen-bond acceptors (Lipinski definition) is 4. The molecule has 0 radical (unpaired) electrons. The van der Waals surface area contributed by atoms with Crippen LogP contribution >= 0.6 is 0 Å². The number of aromatic nitrogens is 3. The molecular formula is C14H17FN4O2S. The summed E-state index contributed by atoms with van der Waals surface area (Å²) >= 11 is 0. The third-order valence-corrected chi connectivity index (χ3v) is 4.19. The van der Waals surface area contributed by atoms with Crippen LogP contribution in [0.2, 0.25) is 0 Å². The first-order valence-corrected chi connectivity index (χ1v) is 8.08. The van der Waals surface area contributed by atoms with Gasteiger partial charge in [-0.3, -0.25) is 9.00 Å². The van der Waals surface area contributed by atoms with E-state index in [9.17, 15) is 13.4 Å². The zero-order valence-corrected chi connectivity index (χ0v) is 13.1. The molecule has 6 nitrogen and oxygen atoms in total. The van der Waals surface area contributed by atoms with Crippen LogP contribution in [-0.2, 0) is 22.1 Å². The van der Waals surface area contributed by atoms with Crippen LogP contribution in [-0.4, -0.2) is 30.6 Å². The van der Waals surface area contributed by atoms with Crippen molar-refractivity contribution in [2.75, 3.05) is 5.75 Å². The molecule has 0 bridgehead atoms. The summed E-state index contributed by atoms with van der Waals surface area (Å²) in [5.41, 5.74) is 0.769. The highest BCUT2D eigenvalue weighted by atomic mass is 32.2. The molecule has 1 aromatic carbocycles. The summed E-state index contributed by atoms with van der Waals surface area (Å²) in [6.45, 7) is 4.09. The molecule has 1 aromatic heterocycles. The van der Waals surface area contributed by atoms with Crippen molar-refractivity contribution in [2.24, 2.45) is 0 Å². The fraction of sp³-hybridized carbons (Fsp3) is 0.357. The van der Waals surface area contributed by atoms with E-state index < -0.39 is 10.8 Å². The van der Waals surface area contributed by atoms with Crippen LogP contribution in [0, 0.1) is 5.82 Å². The van der Waals surface area contributed by atoms with Crippen LogP contribution in [0.1, 0.15) is 25.5 Å². The molecule has 1 amide bonds. The Kier molecular flexibility index (Phi) is 5.37. The highest BCUT2D eigenvalue weighted by Gasteiger charge is 2.17. The van der Waals surface area contributed by atoms with E-state index in [2.05, 4.69) is 15.5 Å². The molecule has 22 heavy (non-hydrogen) atoms. The molecule has 0 aliphatic rings. The van der Waals surface area contributed by atoms with Crippen molar-refractivity contribution < 1.29 is 13.4 Å². The van der Waals surface area contributed by atoms with Crippen molar-refractivity contribution in [3.05, 3.63) is 42.0 Å². The number of amides is 1. The van der Waals surface area contributed by atoms with Crippen LogP contribution in [0.25, 0.3) is 0 Å². The van der Waals surface area contributed by atoms with Gasteiger partial charge >= 0.3 is 0 Å². The molecule has 8 heteroatoms. The summed E-state index contributed by atoms with van der Waals surface area (Å²) < 4.78 is 26.6. The molecule has 0 unspecified atom stereocenters. The van der Waals surface area contributed by atoms with Crippen molar-refractivity contribution >= 4 is 16.7 Å². The van der Waals surface area contributed by atoms with E-state index in [1.807, 2.05) is 13.8 Å². The maximum atomic E-state index is 12.8. The Morgan fingerprint density at radius 3 is 2.68 bits per heavy atom. The van der Waals surface area contributed by atoms with Crippen molar-refractivity contribution in [3.63, 3.8) is 0 Å². The minimum absolute atomic E-state index is 0.0660. The van der Waals surface area contributed by atoms with E-state index in [1.165, 1.54) is 18.5 Å². The fourth-order valence-corrected chi connectivity index (χ4v) is 2.89. The normalized spacial score (nSPS) is 12.4. The number of hydrogen-bond donors (Lipinski definition) is 1. The molecule has 0 saturated heterocycles. The number of carbonyl (C=O) groups is 1. The summed E-state index contributed by atoms with van der Waals surface area (Å²) in [6, 6.07) is 5.88. The molecule has 0 fully saturated rings. The van der Waals surface area contributed by atoms with Crippen molar-refractivity contribution in [3.8, 4) is 0 Å². The molecule has 0 saturated carbocycles. The van der Waals surface area contributed by atoms with Crippen LogP contribution < -0.4 is 5.32 Å². The Morgan fingerprint density at radius 1 is 1.36 bits per heavy atom. The lowest BCUT2D eigenvalue weighted by atomic mass is 10.2. The standard InChI is InChI=1S/C14H17FN4O2S/c1-10(2)19-9-17-18-14(19)22(21)8-13(20)16-7-11-3-5-12(15)6-4-11/h3-6,9-10H,7-8H2,1-2H3,(H,16,20)/t22-/m1/s1. The number of rotatable bonds is 6. The largest absolute Gasteiger partial charge is 0.351 e. The molecule has 1 N–H and O–H groups in total. The second kappa shape index (κ2) is 7.26. The third-order valence-electron chi connectivity index (χ3n) is 2.97. The minimum Gasteiger partial charge on any atom is -0.351 e. The van der Waals surface area contributed by atoms with E-state index in [0.717, 1.165) is 5.56 Å². The number of carbonyl (C=O) groups excluding carboxylic acids is 1. The van der Waals surface area contributed by atoms with Gasteiger partial charge in [0.05, 0.1) is 0 Å². The first-order chi connectivity index (χ1) is 10.5. The molecule has 0 aliphatic heterocycles. The molecule has 0 aliphatic carbocycles. The van der Waals surface area contributed by atoms with Crippen LogP contribution in [0.3, 0.4) is 0 Å². The predicted molar refractivity (Wildman–Crippen MR) is 79.9 cm³/mol. The number of nitrogens with one attached hydrogen (secondary N) is 1. The van der Waals surface area contributed by atoms with Gasteiger partial charge in [-0.1, -0.05) is 12.1 Å². The van der Waals surface area contributed by atoms with Gasteiger partial charge in [-0.05, 0) is 31.5 Å². The average molecular weight is 324 g/mol. The van der Waals surface area contributed by atoms with E-state index >= 15 is 0 Å². The Balaban J connectivity index is 1.90. The zero-order valence-electron chi connectivity index (χ0n) is 12.3. The third kappa shape index (κ3) is 4.20. The lowest BCUT2D eigenvalue weighted by Gasteiger charge is -2.09. The molecule has 118 valence electrons. The SMILES string of the molecule is CC(C)n1cnnc1[S@](=O)CC(=O)NCc1ccc(F)cc1. The van der Waals surface area contributed by atoms with Gasteiger partial charge in [0.25, 0.3) is 0 Å². The van der Waals surface area contributed by atoms with Crippen LogP contribution in [0.4, 0.5) is 4.39 Å². The second-order valence-corrected chi connectivity index (χ2v) is 6.35. The van der Waals surface area contributed by atoms with Crippen molar-refractivity contribution in [1.82, 2.24) is 20.1 Å². The van der Waals surface area contributed by atoms with E-state index in [1.54, 1.807) is 16.7 Å². The molecule has 2 rings (SSSR count). The monoisotopic (exact) mass is 324 g/mol. The number of benzene rings is 1. The molecule has 1 heterocycles. The van der Waals surface area contributed by atoms with Gasteiger partial charge in [0.15, 0.2) is 0 Å². The van der Waals surface area contributed by atoms with Gasteiger partial charge < -0.3 is 9.88 Å². The Hall–Kier alpha value is -2.09. The lowest BCUT2D eigenvalue weighted by molar-refractivity contribution is -0.118. The van der Waals surface area contributed by atoms with Gasteiger partial charge in [0.2, 0.25) is 11.1 Å².